The van der Waals surface area contributed by atoms with Crippen molar-refractivity contribution in [3.8, 4) is 0 Å². The van der Waals surface area contributed by atoms with E-state index in [-0.39, 0.29) is 5.78 Å². The maximum Gasteiger partial charge on any atom is 0.161 e. The summed E-state index contributed by atoms with van der Waals surface area (Å²) in [5, 5.41) is 1.75. The van der Waals surface area contributed by atoms with E-state index in [0.29, 0.717) is 10.8 Å². The first-order chi connectivity index (χ1) is 8.15. The molecule has 2 unspecified atom stereocenters. The lowest BCUT2D eigenvalue weighted by molar-refractivity contribution is 0.101. The molecule has 2 atom stereocenters. The summed E-state index contributed by atoms with van der Waals surface area (Å²) in [6.45, 7) is 3.91. The van der Waals surface area contributed by atoms with Gasteiger partial charge in [-0.05, 0) is 37.8 Å². The number of carbonyl (C=O) groups is 1. The molecule has 0 saturated heterocycles. The zero-order chi connectivity index (χ0) is 12.3. The highest BCUT2D eigenvalue weighted by Gasteiger charge is 2.20. The fourth-order valence-corrected chi connectivity index (χ4v) is 3.63. The topological polar surface area (TPSA) is 30.0 Å². The van der Waals surface area contributed by atoms with Crippen LogP contribution < -0.4 is 0 Å². The number of pyridine rings is 1. The molecule has 1 heterocycles. The van der Waals surface area contributed by atoms with Gasteiger partial charge < -0.3 is 0 Å². The SMILES string of the molecule is CC(=O)c1ccc(SC2CCCC(C)C2)nc1. The van der Waals surface area contributed by atoms with Crippen LogP contribution in [0.15, 0.2) is 23.4 Å². The van der Waals surface area contributed by atoms with Gasteiger partial charge in [-0.1, -0.05) is 19.8 Å². The molecule has 0 aliphatic heterocycles. The van der Waals surface area contributed by atoms with Gasteiger partial charge in [-0.15, -0.1) is 11.8 Å². The van der Waals surface area contributed by atoms with Crippen LogP contribution in [0.2, 0.25) is 0 Å². The van der Waals surface area contributed by atoms with E-state index in [9.17, 15) is 4.79 Å². The quantitative estimate of drug-likeness (QED) is 0.760. The molecule has 3 heteroatoms. The fourth-order valence-electron chi connectivity index (χ4n) is 2.31. The highest BCUT2D eigenvalue weighted by Crippen LogP contribution is 2.35. The summed E-state index contributed by atoms with van der Waals surface area (Å²) in [5.74, 6) is 0.929. The Morgan fingerprint density at radius 3 is 2.82 bits per heavy atom. The second-order valence-corrected chi connectivity index (χ2v) is 6.27. The van der Waals surface area contributed by atoms with Gasteiger partial charge >= 0.3 is 0 Å². The Kier molecular flexibility index (Phi) is 4.21. The summed E-state index contributed by atoms with van der Waals surface area (Å²) in [5.41, 5.74) is 0.700. The monoisotopic (exact) mass is 249 g/mol. The van der Waals surface area contributed by atoms with Crippen molar-refractivity contribution in [3.63, 3.8) is 0 Å². The van der Waals surface area contributed by atoms with Crippen molar-refractivity contribution in [1.29, 1.82) is 0 Å². The third-order valence-electron chi connectivity index (χ3n) is 3.32. The van der Waals surface area contributed by atoms with E-state index < -0.39 is 0 Å². The highest BCUT2D eigenvalue weighted by molar-refractivity contribution is 7.99. The van der Waals surface area contributed by atoms with Gasteiger partial charge in [0.05, 0.1) is 5.03 Å². The summed E-state index contributed by atoms with van der Waals surface area (Å²) >= 11 is 1.87. The lowest BCUT2D eigenvalue weighted by Crippen LogP contribution is -2.15. The zero-order valence-corrected chi connectivity index (χ0v) is 11.3. The van der Waals surface area contributed by atoms with Crippen LogP contribution in [0.25, 0.3) is 0 Å². The third kappa shape index (κ3) is 3.56. The standard InChI is InChI=1S/C14H19NOS/c1-10-4-3-5-13(8-10)17-14-7-6-12(9-15-14)11(2)16/h6-7,9-10,13H,3-5,8H2,1-2H3. The van der Waals surface area contributed by atoms with Crippen molar-refractivity contribution in [1.82, 2.24) is 4.98 Å². The molecule has 1 aliphatic carbocycles. The second kappa shape index (κ2) is 5.67. The van der Waals surface area contributed by atoms with Crippen LogP contribution in [-0.2, 0) is 0 Å². The smallest absolute Gasteiger partial charge is 0.161 e. The summed E-state index contributed by atoms with van der Waals surface area (Å²) in [7, 11) is 0. The number of rotatable bonds is 3. The van der Waals surface area contributed by atoms with Crippen LogP contribution >= 0.6 is 11.8 Å². The van der Waals surface area contributed by atoms with Gasteiger partial charge in [0.25, 0.3) is 0 Å². The molecule has 0 radical (unpaired) electrons. The molecule has 1 aliphatic rings. The van der Waals surface area contributed by atoms with Crippen molar-refractivity contribution in [2.75, 3.05) is 0 Å². The molecule has 2 nitrogen and oxygen atoms in total. The van der Waals surface area contributed by atoms with Gasteiger partial charge in [0.1, 0.15) is 0 Å². The average Bonchev–Trinajstić information content (AvgIpc) is 2.29. The molecule has 1 aromatic heterocycles. The Bertz CT molecular complexity index is 388. The van der Waals surface area contributed by atoms with Gasteiger partial charge in [0.15, 0.2) is 5.78 Å². The minimum absolute atomic E-state index is 0.0836. The number of Topliss-reactive ketones (excluding diaryl/α,β-unsaturated/α-hetero) is 1. The number of nitrogens with zero attached hydrogens (tertiary/aromatic N) is 1. The first-order valence-corrected chi connectivity index (χ1v) is 7.17. The lowest BCUT2D eigenvalue weighted by Gasteiger charge is -2.25. The number of hydrogen-bond acceptors (Lipinski definition) is 3. The van der Waals surface area contributed by atoms with Crippen molar-refractivity contribution in [2.24, 2.45) is 5.92 Å². The first-order valence-electron chi connectivity index (χ1n) is 6.29. The molecule has 17 heavy (non-hydrogen) atoms. The number of aromatic nitrogens is 1. The van der Waals surface area contributed by atoms with Crippen molar-refractivity contribution < 1.29 is 4.79 Å². The molecule has 1 fully saturated rings. The molecule has 0 spiro atoms. The van der Waals surface area contributed by atoms with Gasteiger partial charge in [0.2, 0.25) is 0 Å². The largest absolute Gasteiger partial charge is 0.294 e. The van der Waals surface area contributed by atoms with Crippen molar-refractivity contribution >= 4 is 17.5 Å². The predicted octanol–water partition coefficient (Wildman–Crippen LogP) is 3.96. The van der Waals surface area contributed by atoms with Crippen molar-refractivity contribution in [3.05, 3.63) is 23.9 Å². The Morgan fingerprint density at radius 2 is 2.24 bits per heavy atom. The van der Waals surface area contributed by atoms with Gasteiger partial charge in [-0.25, -0.2) is 4.98 Å². The number of ketones is 1. The van der Waals surface area contributed by atoms with E-state index in [0.717, 1.165) is 10.9 Å². The highest BCUT2D eigenvalue weighted by atomic mass is 32.2. The Labute approximate surface area is 107 Å². The molecular weight excluding hydrogens is 230 g/mol. The van der Waals surface area contributed by atoms with Gasteiger partial charge in [-0.2, -0.15) is 0 Å². The van der Waals surface area contributed by atoms with Crippen LogP contribution in [0.5, 0.6) is 0 Å². The molecular formula is C14H19NOS. The van der Waals surface area contributed by atoms with E-state index in [4.69, 9.17) is 0 Å². The normalized spacial score (nSPS) is 24.6. The maximum atomic E-state index is 11.1. The van der Waals surface area contributed by atoms with Crippen LogP contribution in [0.3, 0.4) is 0 Å². The third-order valence-corrected chi connectivity index (χ3v) is 4.56. The van der Waals surface area contributed by atoms with E-state index in [1.807, 2.05) is 23.9 Å². The molecule has 92 valence electrons. The predicted molar refractivity (Wildman–Crippen MR) is 71.5 cm³/mol. The lowest BCUT2D eigenvalue weighted by atomic mass is 9.91. The summed E-state index contributed by atoms with van der Waals surface area (Å²) < 4.78 is 0. The average molecular weight is 249 g/mol. The molecule has 0 amide bonds. The maximum absolute atomic E-state index is 11.1. The molecule has 1 aromatic rings. The summed E-state index contributed by atoms with van der Waals surface area (Å²) in [4.78, 5) is 15.5. The van der Waals surface area contributed by atoms with Crippen LogP contribution in [0.4, 0.5) is 0 Å². The fraction of sp³-hybridized carbons (Fsp3) is 0.571. The Balaban J connectivity index is 1.96. The van der Waals surface area contributed by atoms with E-state index in [1.165, 1.54) is 25.7 Å². The molecule has 1 saturated carbocycles. The van der Waals surface area contributed by atoms with Crippen LogP contribution in [-0.4, -0.2) is 16.0 Å². The molecule has 2 rings (SSSR count). The van der Waals surface area contributed by atoms with Gasteiger partial charge in [0, 0.05) is 17.0 Å². The van der Waals surface area contributed by atoms with Crippen LogP contribution in [0.1, 0.15) is 49.9 Å². The minimum atomic E-state index is 0.0836. The summed E-state index contributed by atoms with van der Waals surface area (Å²) in [6.07, 6.45) is 6.99. The minimum Gasteiger partial charge on any atom is -0.294 e. The zero-order valence-electron chi connectivity index (χ0n) is 10.5. The number of thioether (sulfide) groups is 1. The van der Waals surface area contributed by atoms with E-state index in [1.54, 1.807) is 13.1 Å². The molecule has 0 bridgehead atoms. The van der Waals surface area contributed by atoms with Crippen LogP contribution in [0, 0.1) is 5.92 Å². The molecule has 0 aromatic carbocycles. The number of hydrogen-bond donors (Lipinski definition) is 0. The Morgan fingerprint density at radius 1 is 1.41 bits per heavy atom. The van der Waals surface area contributed by atoms with E-state index >= 15 is 0 Å². The van der Waals surface area contributed by atoms with Gasteiger partial charge in [-0.3, -0.25) is 4.79 Å². The number of carbonyl (C=O) groups excluding carboxylic acids is 1. The van der Waals surface area contributed by atoms with E-state index in [2.05, 4.69) is 11.9 Å². The van der Waals surface area contributed by atoms with Crippen molar-refractivity contribution in [2.45, 2.75) is 49.8 Å². The first kappa shape index (κ1) is 12.6. The Hall–Kier alpha value is -0.830. The second-order valence-electron chi connectivity index (χ2n) is 4.95. The summed E-state index contributed by atoms with van der Waals surface area (Å²) in [6, 6.07) is 3.85. The molecule has 0 N–H and O–H groups in total.